The Bertz CT molecular complexity index is 2360. The maximum absolute atomic E-state index is 5.52. The Morgan fingerprint density at radius 2 is 1.46 bits per heavy atom. The Labute approximate surface area is 293 Å². The van der Waals surface area contributed by atoms with E-state index in [9.17, 15) is 0 Å². The lowest BCUT2D eigenvalue weighted by Crippen LogP contribution is -2.31. The van der Waals surface area contributed by atoms with Crippen LogP contribution in [0.3, 0.4) is 0 Å². The molecule has 2 heterocycles. The summed E-state index contributed by atoms with van der Waals surface area (Å²) in [6, 6.07) is 28.2. The van der Waals surface area contributed by atoms with Crippen molar-refractivity contribution < 1.29 is 0 Å². The molecule has 5 atom stereocenters. The molecule has 50 heavy (non-hydrogen) atoms. The van der Waals surface area contributed by atoms with Crippen molar-refractivity contribution in [2.75, 3.05) is 0 Å². The topological polar surface area (TPSA) is 37.6 Å². The van der Waals surface area contributed by atoms with E-state index in [-0.39, 0.29) is 12.0 Å². The number of amidine groups is 1. The van der Waals surface area contributed by atoms with Crippen LogP contribution in [0, 0.1) is 17.8 Å². The average molecular weight is 644 g/mol. The van der Waals surface area contributed by atoms with Crippen LogP contribution in [0.1, 0.15) is 41.9 Å². The molecular formula is C47H37N3. The minimum Gasteiger partial charge on any atom is -0.258 e. The second kappa shape index (κ2) is 12.0. The number of nitrogens with zero attached hydrogens (tertiary/aromatic N) is 3. The highest BCUT2D eigenvalue weighted by Gasteiger charge is 2.37. The molecule has 5 unspecified atom stereocenters. The largest absolute Gasteiger partial charge is 0.258 e. The molecule has 10 rings (SSSR count). The highest BCUT2D eigenvalue weighted by Crippen LogP contribution is 2.46. The number of aromatic nitrogens is 1. The number of aliphatic imine (C=N–C) groups is 2. The zero-order valence-corrected chi connectivity index (χ0v) is 27.9. The SMILES string of the molecule is C1=CC2C=C(C3CC(C4=CC5=C(C=CCC5)C5C=CC=CC45)=NC(c4ccc(-c5nccc6ccccc56)cc4)=N3)c3ccccc3C2C=C1. The Kier molecular flexibility index (Phi) is 7.04. The van der Waals surface area contributed by atoms with Gasteiger partial charge in [0.1, 0.15) is 0 Å². The standard InChI is InChI=1S/C47H37N3/c1-6-16-37-30(11-1)25-26-48-46(37)31-21-23-32(24-22-31)47-49-44(42-27-33-12-2-4-14-35(33)38-17-7-9-19-40(38)42)29-45(50-47)43-28-34-13-3-5-15-36(34)39-18-8-10-20-41(39)43/h1-2,4-12,14-28,33,35,39,41,44H,3,13,29H2. The third-order valence-corrected chi connectivity index (χ3v) is 11.3. The molecule has 1 aliphatic heterocycles. The molecule has 6 aliphatic rings. The number of hydrogen-bond acceptors (Lipinski definition) is 3. The van der Waals surface area contributed by atoms with Crippen molar-refractivity contribution in [2.24, 2.45) is 27.7 Å². The van der Waals surface area contributed by atoms with Crippen molar-refractivity contribution in [2.45, 2.75) is 31.2 Å². The fraction of sp³-hybridized carbons (Fsp3) is 0.170. The molecule has 4 aromatic rings. The maximum Gasteiger partial charge on any atom is 0.155 e. The highest BCUT2D eigenvalue weighted by molar-refractivity contribution is 6.15. The zero-order chi connectivity index (χ0) is 33.0. The van der Waals surface area contributed by atoms with E-state index >= 15 is 0 Å². The number of allylic oxidation sites excluding steroid dienone is 15. The monoisotopic (exact) mass is 643 g/mol. The number of pyridine rings is 1. The molecule has 1 aromatic heterocycles. The fourth-order valence-corrected chi connectivity index (χ4v) is 8.88. The van der Waals surface area contributed by atoms with Crippen LogP contribution < -0.4 is 0 Å². The van der Waals surface area contributed by atoms with Gasteiger partial charge in [0, 0.05) is 58.5 Å². The van der Waals surface area contributed by atoms with Gasteiger partial charge in [-0.1, -0.05) is 146 Å². The molecule has 0 fully saturated rings. The molecule has 0 N–H and O–H groups in total. The van der Waals surface area contributed by atoms with E-state index < -0.39 is 0 Å². The van der Waals surface area contributed by atoms with Crippen LogP contribution in [0.5, 0.6) is 0 Å². The van der Waals surface area contributed by atoms with E-state index in [0.717, 1.165) is 53.0 Å². The predicted octanol–water partition coefficient (Wildman–Crippen LogP) is 10.7. The summed E-state index contributed by atoms with van der Waals surface area (Å²) in [5.74, 6) is 2.11. The summed E-state index contributed by atoms with van der Waals surface area (Å²) in [5, 5.41) is 2.35. The Hall–Kier alpha value is -5.67. The molecule has 3 aromatic carbocycles. The van der Waals surface area contributed by atoms with Gasteiger partial charge in [0.05, 0.1) is 11.7 Å². The van der Waals surface area contributed by atoms with Crippen LogP contribution in [0.4, 0.5) is 0 Å². The Morgan fingerprint density at radius 3 is 2.38 bits per heavy atom. The molecule has 3 nitrogen and oxygen atoms in total. The van der Waals surface area contributed by atoms with Gasteiger partial charge in [-0.2, -0.15) is 0 Å². The summed E-state index contributed by atoms with van der Waals surface area (Å²) < 4.78 is 0. The molecule has 3 heteroatoms. The van der Waals surface area contributed by atoms with E-state index in [0.29, 0.717) is 17.8 Å². The van der Waals surface area contributed by atoms with Crippen LogP contribution in [-0.4, -0.2) is 22.6 Å². The minimum atomic E-state index is -0.0394. The lowest BCUT2D eigenvalue weighted by atomic mass is 9.68. The third-order valence-electron chi connectivity index (χ3n) is 11.3. The van der Waals surface area contributed by atoms with Crippen LogP contribution in [0.25, 0.3) is 27.6 Å². The number of fused-ring (bicyclic) bond motifs is 6. The van der Waals surface area contributed by atoms with Crippen molar-refractivity contribution in [1.82, 2.24) is 4.98 Å². The quantitative estimate of drug-likeness (QED) is 0.218. The normalized spacial score (nSPS) is 26.0. The Balaban J connectivity index is 1.10. The number of benzene rings is 3. The third kappa shape index (κ3) is 4.91. The van der Waals surface area contributed by atoms with Gasteiger partial charge in [-0.25, -0.2) is 4.99 Å². The van der Waals surface area contributed by atoms with Gasteiger partial charge >= 0.3 is 0 Å². The van der Waals surface area contributed by atoms with Gasteiger partial charge in [0.15, 0.2) is 5.84 Å². The highest BCUT2D eigenvalue weighted by atomic mass is 15.0. The van der Waals surface area contributed by atoms with Crippen LogP contribution >= 0.6 is 0 Å². The van der Waals surface area contributed by atoms with Gasteiger partial charge in [-0.15, -0.1) is 0 Å². The number of hydrogen-bond donors (Lipinski definition) is 0. The van der Waals surface area contributed by atoms with E-state index in [1.54, 1.807) is 0 Å². The lowest BCUT2D eigenvalue weighted by Gasteiger charge is -2.37. The van der Waals surface area contributed by atoms with E-state index in [1.165, 1.54) is 38.8 Å². The molecule has 0 saturated heterocycles. The first-order valence-corrected chi connectivity index (χ1v) is 18.0. The van der Waals surface area contributed by atoms with Crippen LogP contribution in [-0.2, 0) is 0 Å². The van der Waals surface area contributed by atoms with Crippen molar-refractivity contribution in [1.29, 1.82) is 0 Å². The van der Waals surface area contributed by atoms with Gasteiger partial charge in [-0.05, 0) is 57.7 Å². The van der Waals surface area contributed by atoms with E-state index in [4.69, 9.17) is 15.0 Å². The smallest absolute Gasteiger partial charge is 0.155 e. The predicted molar refractivity (Wildman–Crippen MR) is 207 cm³/mol. The molecule has 0 amide bonds. The van der Waals surface area contributed by atoms with Crippen LogP contribution in [0.15, 0.2) is 185 Å². The second-order valence-corrected chi connectivity index (χ2v) is 14.1. The molecule has 0 bridgehead atoms. The summed E-state index contributed by atoms with van der Waals surface area (Å²) in [7, 11) is 0. The zero-order valence-electron chi connectivity index (χ0n) is 27.9. The lowest BCUT2D eigenvalue weighted by molar-refractivity contribution is 0.601. The molecule has 0 spiro atoms. The van der Waals surface area contributed by atoms with Gasteiger partial charge in [0.25, 0.3) is 0 Å². The number of rotatable bonds is 4. The fourth-order valence-electron chi connectivity index (χ4n) is 8.88. The first-order chi connectivity index (χ1) is 24.8. The molecule has 5 aliphatic carbocycles. The first-order valence-electron chi connectivity index (χ1n) is 18.0. The van der Waals surface area contributed by atoms with Gasteiger partial charge < -0.3 is 0 Å². The van der Waals surface area contributed by atoms with Crippen molar-refractivity contribution >= 4 is 27.9 Å². The van der Waals surface area contributed by atoms with Gasteiger partial charge in [-0.3, -0.25) is 9.98 Å². The maximum atomic E-state index is 5.52. The summed E-state index contributed by atoms with van der Waals surface area (Å²) >= 11 is 0. The summed E-state index contributed by atoms with van der Waals surface area (Å²) in [6.07, 6.45) is 32.8. The first kappa shape index (κ1) is 29.3. The van der Waals surface area contributed by atoms with Crippen molar-refractivity contribution in [3.05, 3.63) is 191 Å². The van der Waals surface area contributed by atoms with Crippen molar-refractivity contribution in [3.63, 3.8) is 0 Å². The summed E-state index contributed by atoms with van der Waals surface area (Å²) in [6.45, 7) is 0. The molecule has 0 saturated carbocycles. The molecule has 240 valence electrons. The second-order valence-electron chi connectivity index (χ2n) is 14.1. The van der Waals surface area contributed by atoms with Crippen molar-refractivity contribution in [3.8, 4) is 11.3 Å². The molecule has 0 radical (unpaired) electrons. The summed E-state index contributed by atoms with van der Waals surface area (Å²) in [5.41, 5.74) is 12.6. The van der Waals surface area contributed by atoms with Crippen LogP contribution in [0.2, 0.25) is 0 Å². The summed E-state index contributed by atoms with van der Waals surface area (Å²) in [4.78, 5) is 15.8. The molecular weight excluding hydrogens is 607 g/mol. The van der Waals surface area contributed by atoms with Gasteiger partial charge in [0.2, 0.25) is 0 Å². The average Bonchev–Trinajstić information content (AvgIpc) is 3.20. The van der Waals surface area contributed by atoms with E-state index in [1.807, 2.05) is 6.20 Å². The Morgan fingerprint density at radius 1 is 0.680 bits per heavy atom. The van der Waals surface area contributed by atoms with E-state index in [2.05, 4.69) is 152 Å². The minimum absolute atomic E-state index is 0.0394.